The number of carbonyl (C=O) groups excluding carboxylic acids is 1. The van der Waals surface area contributed by atoms with Gasteiger partial charge in [-0.25, -0.2) is 4.98 Å². The lowest BCUT2D eigenvalue weighted by Gasteiger charge is -2.23. The maximum atomic E-state index is 13.3. The van der Waals surface area contributed by atoms with Crippen molar-refractivity contribution in [2.75, 3.05) is 32.1 Å². The summed E-state index contributed by atoms with van der Waals surface area (Å²) in [5.74, 6) is -0.984. The number of carbonyl (C=O) groups is 1. The molecular weight excluding hydrogens is 468 g/mol. The number of halogens is 6. The highest BCUT2D eigenvalue weighted by Gasteiger charge is 2.38. The number of likely N-dealkylation sites (N-methyl/N-ethyl adjacent to an activating group) is 1. The van der Waals surface area contributed by atoms with Crippen molar-refractivity contribution < 1.29 is 31.1 Å². The molecule has 0 radical (unpaired) electrons. The SMILES string of the molecule is Cc1cc(C)c2nc(N(CCN(C)C)C(=O)c3cc(C(F)(F)F)cc(C(F)(F)F)c3)sc2c1. The predicted octanol–water partition coefficient (Wildman–Crippen LogP) is 6.16. The van der Waals surface area contributed by atoms with Crippen LogP contribution in [0, 0.1) is 13.8 Å². The number of amides is 1. The molecule has 1 aromatic heterocycles. The molecule has 0 aliphatic carbocycles. The first kappa shape index (κ1) is 25.0. The summed E-state index contributed by atoms with van der Waals surface area (Å²) < 4.78 is 80.5. The molecule has 3 aromatic rings. The maximum Gasteiger partial charge on any atom is 0.416 e. The highest BCUT2D eigenvalue weighted by atomic mass is 32.1. The van der Waals surface area contributed by atoms with Gasteiger partial charge in [0.15, 0.2) is 5.13 Å². The summed E-state index contributed by atoms with van der Waals surface area (Å²) in [4.78, 5) is 20.6. The summed E-state index contributed by atoms with van der Waals surface area (Å²) in [6, 6.07) is 4.67. The van der Waals surface area contributed by atoms with Gasteiger partial charge in [-0.3, -0.25) is 9.69 Å². The van der Waals surface area contributed by atoms with E-state index in [1.165, 1.54) is 0 Å². The van der Waals surface area contributed by atoms with Gasteiger partial charge in [-0.1, -0.05) is 17.4 Å². The van der Waals surface area contributed by atoms with Crippen LogP contribution in [-0.2, 0) is 12.4 Å². The molecule has 0 unspecified atom stereocenters. The summed E-state index contributed by atoms with van der Waals surface area (Å²) in [6.07, 6.45) is -10.1. The first-order valence-corrected chi connectivity index (χ1v) is 10.6. The van der Waals surface area contributed by atoms with Gasteiger partial charge < -0.3 is 4.90 Å². The lowest BCUT2D eigenvalue weighted by Crippen LogP contribution is -2.37. The van der Waals surface area contributed by atoms with Crippen molar-refractivity contribution >= 4 is 32.6 Å². The number of anilines is 1. The van der Waals surface area contributed by atoms with Crippen molar-refractivity contribution in [3.05, 3.63) is 58.1 Å². The highest BCUT2D eigenvalue weighted by molar-refractivity contribution is 7.22. The van der Waals surface area contributed by atoms with Gasteiger partial charge in [0.25, 0.3) is 5.91 Å². The number of hydrogen-bond donors (Lipinski definition) is 0. The fraction of sp³-hybridized carbons (Fsp3) is 0.364. The number of rotatable bonds is 5. The van der Waals surface area contributed by atoms with Crippen LogP contribution in [0.4, 0.5) is 31.5 Å². The van der Waals surface area contributed by atoms with Gasteiger partial charge in [-0.05, 0) is 63.3 Å². The fourth-order valence-electron chi connectivity index (χ4n) is 3.29. The van der Waals surface area contributed by atoms with Gasteiger partial charge >= 0.3 is 12.4 Å². The standard InChI is InChI=1S/C22H21F6N3OS/c1-12-7-13(2)18-17(8-12)33-20(29-18)31(6-5-30(3)4)19(32)14-9-15(21(23,24)25)11-16(10-14)22(26,27)28/h7-11H,5-6H2,1-4H3. The van der Waals surface area contributed by atoms with E-state index in [1.807, 2.05) is 26.0 Å². The van der Waals surface area contributed by atoms with Crippen LogP contribution in [0.15, 0.2) is 30.3 Å². The molecule has 0 aliphatic heterocycles. The summed E-state index contributed by atoms with van der Waals surface area (Å²) in [5, 5.41) is 0.205. The lowest BCUT2D eigenvalue weighted by atomic mass is 10.0. The van der Waals surface area contributed by atoms with Gasteiger partial charge in [0.2, 0.25) is 0 Å². The Morgan fingerprint density at radius 1 is 0.909 bits per heavy atom. The monoisotopic (exact) mass is 489 g/mol. The largest absolute Gasteiger partial charge is 0.416 e. The molecule has 4 nitrogen and oxygen atoms in total. The van der Waals surface area contributed by atoms with Gasteiger partial charge in [0, 0.05) is 18.7 Å². The molecule has 2 aromatic carbocycles. The number of hydrogen-bond acceptors (Lipinski definition) is 4. The summed E-state index contributed by atoms with van der Waals surface area (Å²) in [5.41, 5.74) is -1.33. The number of benzene rings is 2. The highest BCUT2D eigenvalue weighted by Crippen LogP contribution is 2.37. The van der Waals surface area contributed by atoms with E-state index < -0.39 is 35.0 Å². The van der Waals surface area contributed by atoms with Crippen molar-refractivity contribution in [3.63, 3.8) is 0 Å². The zero-order valence-corrected chi connectivity index (χ0v) is 19.0. The van der Waals surface area contributed by atoms with Gasteiger partial charge in [0.1, 0.15) is 0 Å². The minimum Gasteiger partial charge on any atom is -0.308 e. The first-order valence-electron chi connectivity index (χ1n) is 9.80. The second-order valence-corrected chi connectivity index (χ2v) is 8.99. The molecule has 0 spiro atoms. The van der Waals surface area contributed by atoms with E-state index >= 15 is 0 Å². The molecule has 178 valence electrons. The molecule has 3 rings (SSSR count). The molecule has 33 heavy (non-hydrogen) atoms. The van der Waals surface area contributed by atoms with Crippen molar-refractivity contribution in [1.82, 2.24) is 9.88 Å². The quantitative estimate of drug-likeness (QED) is 0.403. The van der Waals surface area contributed by atoms with Crippen molar-refractivity contribution in [1.29, 1.82) is 0 Å². The number of nitrogens with zero attached hydrogens (tertiary/aromatic N) is 3. The first-order chi connectivity index (χ1) is 15.2. The molecule has 1 heterocycles. The van der Waals surface area contributed by atoms with Crippen LogP contribution in [0.25, 0.3) is 10.2 Å². The number of aromatic nitrogens is 1. The molecule has 11 heteroatoms. The number of aryl methyl sites for hydroxylation is 2. The van der Waals surface area contributed by atoms with Crippen molar-refractivity contribution in [3.8, 4) is 0 Å². The summed E-state index contributed by atoms with van der Waals surface area (Å²) >= 11 is 1.16. The van der Waals surface area contributed by atoms with Crippen LogP contribution in [0.5, 0.6) is 0 Å². The molecule has 0 fully saturated rings. The smallest absolute Gasteiger partial charge is 0.308 e. The van der Waals surface area contributed by atoms with E-state index in [0.717, 1.165) is 32.1 Å². The third-order valence-electron chi connectivity index (χ3n) is 4.90. The Hall–Kier alpha value is -2.66. The molecule has 0 saturated carbocycles. The molecule has 0 bridgehead atoms. The third kappa shape index (κ3) is 5.64. The molecule has 0 atom stereocenters. The second kappa shape index (κ2) is 8.94. The molecular formula is C22H21F6N3OS. The topological polar surface area (TPSA) is 36.4 Å². The van der Waals surface area contributed by atoms with Crippen LogP contribution in [-0.4, -0.2) is 43.0 Å². The third-order valence-corrected chi connectivity index (χ3v) is 5.93. The average molecular weight is 489 g/mol. The number of alkyl halides is 6. The second-order valence-electron chi connectivity index (χ2n) is 7.98. The molecule has 1 amide bonds. The van der Waals surface area contributed by atoms with Crippen molar-refractivity contribution in [2.45, 2.75) is 26.2 Å². The lowest BCUT2D eigenvalue weighted by molar-refractivity contribution is -0.143. The Kier molecular flexibility index (Phi) is 6.77. The Morgan fingerprint density at radius 2 is 1.48 bits per heavy atom. The molecule has 0 N–H and O–H groups in total. The molecule has 0 saturated heterocycles. The van der Waals surface area contributed by atoms with E-state index in [0.29, 0.717) is 24.2 Å². The Morgan fingerprint density at radius 3 is 2.00 bits per heavy atom. The van der Waals surface area contributed by atoms with Crippen LogP contribution >= 0.6 is 11.3 Å². The minimum absolute atomic E-state index is 0.00473. The van der Waals surface area contributed by atoms with Gasteiger partial charge in [-0.15, -0.1) is 0 Å². The number of fused-ring (bicyclic) bond motifs is 1. The van der Waals surface area contributed by atoms with E-state index in [1.54, 1.807) is 19.0 Å². The van der Waals surface area contributed by atoms with Crippen LogP contribution in [0.2, 0.25) is 0 Å². The van der Waals surface area contributed by atoms with E-state index in [-0.39, 0.29) is 17.7 Å². The Labute approximate surface area is 190 Å². The maximum absolute atomic E-state index is 13.3. The fourth-order valence-corrected chi connectivity index (χ4v) is 4.46. The molecule has 0 aliphatic rings. The van der Waals surface area contributed by atoms with E-state index in [9.17, 15) is 31.1 Å². The minimum atomic E-state index is -5.05. The average Bonchev–Trinajstić information content (AvgIpc) is 3.10. The Bertz CT molecular complexity index is 1150. The number of thiazole rings is 1. The van der Waals surface area contributed by atoms with Crippen LogP contribution < -0.4 is 4.90 Å². The zero-order chi connectivity index (χ0) is 24.7. The Balaban J connectivity index is 2.14. The summed E-state index contributed by atoms with van der Waals surface area (Å²) in [7, 11) is 3.47. The van der Waals surface area contributed by atoms with Crippen molar-refractivity contribution in [2.24, 2.45) is 0 Å². The van der Waals surface area contributed by atoms with Gasteiger partial charge in [-0.2, -0.15) is 26.3 Å². The van der Waals surface area contributed by atoms with E-state index in [2.05, 4.69) is 4.98 Å². The van der Waals surface area contributed by atoms with Crippen LogP contribution in [0.3, 0.4) is 0 Å². The zero-order valence-electron chi connectivity index (χ0n) is 18.2. The van der Waals surface area contributed by atoms with E-state index in [4.69, 9.17) is 0 Å². The summed E-state index contributed by atoms with van der Waals surface area (Å²) in [6.45, 7) is 4.08. The normalized spacial score (nSPS) is 12.6. The van der Waals surface area contributed by atoms with Gasteiger partial charge in [0.05, 0.1) is 21.3 Å². The predicted molar refractivity (Wildman–Crippen MR) is 116 cm³/mol. The van der Waals surface area contributed by atoms with Crippen LogP contribution in [0.1, 0.15) is 32.6 Å².